The summed E-state index contributed by atoms with van der Waals surface area (Å²) in [5.41, 5.74) is 4.23. The quantitative estimate of drug-likeness (QED) is 0.634. The summed E-state index contributed by atoms with van der Waals surface area (Å²) in [5.74, 6) is 0.874. The van der Waals surface area contributed by atoms with Crippen LogP contribution in [0.4, 0.5) is 0 Å². The van der Waals surface area contributed by atoms with Crippen LogP contribution in [-0.2, 0) is 19.0 Å². The summed E-state index contributed by atoms with van der Waals surface area (Å²) in [5, 5.41) is 11.1. The van der Waals surface area contributed by atoms with Gasteiger partial charge in [-0.1, -0.05) is 24.3 Å². The van der Waals surface area contributed by atoms with Crippen molar-refractivity contribution in [2.75, 3.05) is 13.1 Å². The molecular weight excluding hydrogens is 298 g/mol. The molecule has 5 heteroatoms. The van der Waals surface area contributed by atoms with E-state index in [4.69, 9.17) is 4.99 Å². The van der Waals surface area contributed by atoms with Gasteiger partial charge >= 0.3 is 0 Å². The summed E-state index contributed by atoms with van der Waals surface area (Å²) in [4.78, 5) is 4.70. The first-order chi connectivity index (χ1) is 11.6. The van der Waals surface area contributed by atoms with Crippen LogP contribution in [0, 0.1) is 6.92 Å². The van der Waals surface area contributed by atoms with Crippen molar-refractivity contribution >= 4 is 5.96 Å². The lowest BCUT2D eigenvalue weighted by Gasteiger charge is -2.20. The van der Waals surface area contributed by atoms with Crippen molar-refractivity contribution in [2.24, 2.45) is 12.0 Å². The number of guanidine groups is 1. The molecule has 0 amide bonds. The molecule has 0 bridgehead atoms. The van der Waals surface area contributed by atoms with E-state index in [0.29, 0.717) is 6.54 Å². The van der Waals surface area contributed by atoms with Crippen LogP contribution < -0.4 is 10.6 Å². The molecule has 2 N–H and O–H groups in total. The summed E-state index contributed by atoms with van der Waals surface area (Å²) < 4.78 is 1.86. The van der Waals surface area contributed by atoms with Gasteiger partial charge in [0.05, 0.1) is 12.2 Å². The first-order valence-corrected chi connectivity index (χ1v) is 8.70. The van der Waals surface area contributed by atoms with E-state index in [-0.39, 0.29) is 5.41 Å². The number of benzene rings is 1. The van der Waals surface area contributed by atoms with Gasteiger partial charge in [0.15, 0.2) is 5.96 Å². The highest BCUT2D eigenvalue weighted by Crippen LogP contribution is 2.48. The zero-order valence-corrected chi connectivity index (χ0v) is 14.8. The van der Waals surface area contributed by atoms with Crippen LogP contribution in [0.1, 0.15) is 36.6 Å². The highest BCUT2D eigenvalue weighted by molar-refractivity contribution is 5.80. The number of aromatic nitrogens is 2. The predicted octanol–water partition coefficient (Wildman–Crippen LogP) is 2.52. The average Bonchev–Trinajstić information content (AvgIpc) is 3.26. The van der Waals surface area contributed by atoms with Gasteiger partial charge < -0.3 is 10.6 Å². The fourth-order valence-corrected chi connectivity index (χ4v) is 3.17. The maximum atomic E-state index is 4.70. The lowest BCUT2D eigenvalue weighted by atomic mass is 9.92. The third-order valence-corrected chi connectivity index (χ3v) is 4.83. The lowest BCUT2D eigenvalue weighted by Crippen LogP contribution is -2.41. The minimum atomic E-state index is 0.272. The van der Waals surface area contributed by atoms with Gasteiger partial charge in [-0.3, -0.25) is 4.68 Å². The Hall–Kier alpha value is -2.30. The zero-order chi connectivity index (χ0) is 17.0. The van der Waals surface area contributed by atoms with E-state index >= 15 is 0 Å². The molecule has 5 nitrogen and oxygen atoms in total. The summed E-state index contributed by atoms with van der Waals surface area (Å²) in [6, 6.07) is 10.7. The van der Waals surface area contributed by atoms with Crippen LogP contribution in [0.2, 0.25) is 0 Å². The zero-order valence-electron chi connectivity index (χ0n) is 14.8. The topological polar surface area (TPSA) is 54.2 Å². The van der Waals surface area contributed by atoms with E-state index in [9.17, 15) is 0 Å². The van der Waals surface area contributed by atoms with Crippen LogP contribution in [0.3, 0.4) is 0 Å². The van der Waals surface area contributed by atoms with Crippen LogP contribution in [0.15, 0.2) is 41.5 Å². The maximum absolute atomic E-state index is 4.70. The van der Waals surface area contributed by atoms with Gasteiger partial charge in [0.2, 0.25) is 0 Å². The first-order valence-electron chi connectivity index (χ1n) is 8.70. The lowest BCUT2D eigenvalue weighted by molar-refractivity contribution is 0.640. The number of rotatable bonds is 6. The Morgan fingerprint density at radius 3 is 2.67 bits per heavy atom. The smallest absolute Gasteiger partial charge is 0.191 e. The van der Waals surface area contributed by atoms with Crippen molar-refractivity contribution in [2.45, 2.75) is 38.6 Å². The second kappa shape index (κ2) is 7.07. The van der Waals surface area contributed by atoms with E-state index in [1.54, 1.807) is 0 Å². The SMILES string of the molecule is CCNC(=NCc1ccnn1C)NCC1(c2ccccc2C)CC1. The summed E-state index contributed by atoms with van der Waals surface area (Å²) >= 11 is 0. The molecule has 0 spiro atoms. The Labute approximate surface area is 144 Å². The molecule has 1 heterocycles. The Morgan fingerprint density at radius 2 is 2.04 bits per heavy atom. The largest absolute Gasteiger partial charge is 0.357 e. The molecule has 0 aliphatic heterocycles. The number of aryl methyl sites for hydroxylation is 2. The Morgan fingerprint density at radius 1 is 1.25 bits per heavy atom. The van der Waals surface area contributed by atoms with Crippen molar-refractivity contribution in [3.63, 3.8) is 0 Å². The molecule has 1 aromatic heterocycles. The molecule has 0 unspecified atom stereocenters. The molecule has 1 saturated carbocycles. The number of hydrogen-bond donors (Lipinski definition) is 2. The van der Waals surface area contributed by atoms with E-state index in [0.717, 1.165) is 24.7 Å². The molecule has 128 valence electrons. The van der Waals surface area contributed by atoms with E-state index in [2.05, 4.69) is 53.8 Å². The second-order valence-electron chi connectivity index (χ2n) is 6.59. The molecule has 1 aliphatic carbocycles. The van der Waals surface area contributed by atoms with Gasteiger partial charge in [-0.05, 0) is 43.9 Å². The molecular formula is C19H27N5. The van der Waals surface area contributed by atoms with Gasteiger partial charge in [0, 0.05) is 31.7 Å². The van der Waals surface area contributed by atoms with Gasteiger partial charge in [0.25, 0.3) is 0 Å². The predicted molar refractivity (Wildman–Crippen MR) is 98.1 cm³/mol. The minimum absolute atomic E-state index is 0.272. The van der Waals surface area contributed by atoms with Crippen molar-refractivity contribution in [3.05, 3.63) is 53.3 Å². The fourth-order valence-electron chi connectivity index (χ4n) is 3.17. The molecule has 2 aromatic rings. The van der Waals surface area contributed by atoms with Crippen LogP contribution in [-0.4, -0.2) is 28.8 Å². The van der Waals surface area contributed by atoms with Crippen LogP contribution >= 0.6 is 0 Å². The van der Waals surface area contributed by atoms with E-state index in [1.807, 2.05) is 24.0 Å². The van der Waals surface area contributed by atoms with Gasteiger partial charge in [-0.25, -0.2) is 4.99 Å². The van der Waals surface area contributed by atoms with E-state index < -0.39 is 0 Å². The Bertz CT molecular complexity index is 712. The van der Waals surface area contributed by atoms with Crippen LogP contribution in [0.25, 0.3) is 0 Å². The Kier molecular flexibility index (Phi) is 4.88. The number of nitrogens with zero attached hydrogens (tertiary/aromatic N) is 3. The maximum Gasteiger partial charge on any atom is 0.191 e. The van der Waals surface area contributed by atoms with Crippen LogP contribution in [0.5, 0.6) is 0 Å². The molecule has 0 radical (unpaired) electrons. The monoisotopic (exact) mass is 325 g/mol. The van der Waals surface area contributed by atoms with Gasteiger partial charge in [-0.2, -0.15) is 5.10 Å². The Balaban J connectivity index is 1.66. The molecule has 1 fully saturated rings. The van der Waals surface area contributed by atoms with Crippen molar-refractivity contribution in [1.82, 2.24) is 20.4 Å². The molecule has 0 saturated heterocycles. The summed E-state index contributed by atoms with van der Waals surface area (Å²) in [6.45, 7) is 6.71. The normalized spacial score (nSPS) is 16.0. The van der Waals surface area contributed by atoms with E-state index in [1.165, 1.54) is 24.0 Å². The van der Waals surface area contributed by atoms with Crippen molar-refractivity contribution < 1.29 is 0 Å². The van der Waals surface area contributed by atoms with Gasteiger partial charge in [0.1, 0.15) is 0 Å². The number of nitrogens with one attached hydrogen (secondary N) is 2. The second-order valence-corrected chi connectivity index (χ2v) is 6.59. The first kappa shape index (κ1) is 16.6. The summed E-state index contributed by atoms with van der Waals surface area (Å²) in [6.07, 6.45) is 4.29. The van der Waals surface area contributed by atoms with Gasteiger partial charge in [-0.15, -0.1) is 0 Å². The number of hydrogen-bond acceptors (Lipinski definition) is 2. The highest BCUT2D eigenvalue weighted by atomic mass is 15.3. The fraction of sp³-hybridized carbons (Fsp3) is 0.474. The molecule has 0 atom stereocenters. The molecule has 1 aliphatic rings. The molecule has 24 heavy (non-hydrogen) atoms. The number of aliphatic imine (C=N–C) groups is 1. The third-order valence-electron chi connectivity index (χ3n) is 4.83. The third kappa shape index (κ3) is 3.61. The molecule has 1 aromatic carbocycles. The average molecular weight is 325 g/mol. The highest BCUT2D eigenvalue weighted by Gasteiger charge is 2.44. The van der Waals surface area contributed by atoms with Crippen molar-refractivity contribution in [1.29, 1.82) is 0 Å². The minimum Gasteiger partial charge on any atom is -0.357 e. The summed E-state index contributed by atoms with van der Waals surface area (Å²) in [7, 11) is 1.95. The van der Waals surface area contributed by atoms with Crippen molar-refractivity contribution in [3.8, 4) is 0 Å². The molecule has 3 rings (SSSR count). The standard InChI is InChI=1S/C19H27N5/c1-4-20-18(21-13-16-9-12-23-24(16)3)22-14-19(10-11-19)17-8-6-5-7-15(17)2/h5-9,12H,4,10-11,13-14H2,1-3H3,(H2,20,21,22).